The van der Waals surface area contributed by atoms with E-state index in [9.17, 15) is 0 Å². The van der Waals surface area contributed by atoms with Crippen molar-refractivity contribution in [1.82, 2.24) is 14.5 Å². The molecule has 2 atom stereocenters. The number of pyridine rings is 1. The first kappa shape index (κ1) is 18.6. The van der Waals surface area contributed by atoms with Gasteiger partial charge in [0, 0.05) is 34.9 Å². The summed E-state index contributed by atoms with van der Waals surface area (Å²) in [4.78, 5) is 7.41. The zero-order valence-electron chi connectivity index (χ0n) is 17.9. The molecule has 4 nitrogen and oxygen atoms in total. The van der Waals surface area contributed by atoms with Crippen molar-refractivity contribution in [1.29, 1.82) is 0 Å². The van der Waals surface area contributed by atoms with Crippen LogP contribution in [0.15, 0.2) is 79.1 Å². The molecular formula is C27H28N4. The molecule has 156 valence electrons. The summed E-state index contributed by atoms with van der Waals surface area (Å²) < 4.78 is 2.23. The van der Waals surface area contributed by atoms with E-state index in [4.69, 9.17) is 4.98 Å². The number of para-hydroxylation sites is 1. The summed E-state index contributed by atoms with van der Waals surface area (Å²) in [5.41, 5.74) is 5.69. The van der Waals surface area contributed by atoms with Crippen molar-refractivity contribution < 1.29 is 0 Å². The van der Waals surface area contributed by atoms with Crippen molar-refractivity contribution in [3.05, 3.63) is 79.1 Å². The highest BCUT2D eigenvalue weighted by Crippen LogP contribution is 2.34. The number of benzene rings is 2. The van der Waals surface area contributed by atoms with Crippen LogP contribution >= 0.6 is 0 Å². The summed E-state index contributed by atoms with van der Waals surface area (Å²) in [5, 5.41) is 5.01. The maximum atomic E-state index is 4.79. The van der Waals surface area contributed by atoms with Gasteiger partial charge >= 0.3 is 0 Å². The summed E-state index contributed by atoms with van der Waals surface area (Å²) in [7, 11) is 0. The molecule has 0 spiro atoms. The van der Waals surface area contributed by atoms with Gasteiger partial charge in [-0.25, -0.2) is 0 Å². The lowest BCUT2D eigenvalue weighted by molar-refractivity contribution is 0.0458. The number of rotatable bonds is 4. The van der Waals surface area contributed by atoms with Crippen LogP contribution in [0, 0.1) is 5.92 Å². The van der Waals surface area contributed by atoms with Crippen molar-refractivity contribution in [2.45, 2.75) is 31.8 Å². The van der Waals surface area contributed by atoms with Crippen LogP contribution < -0.4 is 5.32 Å². The molecule has 2 bridgehead atoms. The van der Waals surface area contributed by atoms with Crippen LogP contribution in [0.5, 0.6) is 0 Å². The van der Waals surface area contributed by atoms with E-state index in [0.717, 1.165) is 22.9 Å². The first-order valence-corrected chi connectivity index (χ1v) is 11.4. The summed E-state index contributed by atoms with van der Waals surface area (Å²) in [6.07, 6.45) is 6.77. The van der Waals surface area contributed by atoms with E-state index in [1.807, 2.05) is 6.20 Å². The Labute approximate surface area is 183 Å². The molecule has 0 aliphatic carbocycles. The maximum Gasteiger partial charge on any atom is 0.0703 e. The van der Waals surface area contributed by atoms with Crippen molar-refractivity contribution in [3.63, 3.8) is 0 Å². The molecule has 3 fully saturated rings. The van der Waals surface area contributed by atoms with Gasteiger partial charge in [0.25, 0.3) is 0 Å². The topological polar surface area (TPSA) is 33.1 Å². The Kier molecular flexibility index (Phi) is 4.53. The van der Waals surface area contributed by atoms with Gasteiger partial charge < -0.3 is 9.88 Å². The molecule has 31 heavy (non-hydrogen) atoms. The zero-order valence-corrected chi connectivity index (χ0v) is 17.9. The second-order valence-corrected chi connectivity index (χ2v) is 9.01. The van der Waals surface area contributed by atoms with Gasteiger partial charge in [-0.3, -0.25) is 9.88 Å². The lowest BCUT2D eigenvalue weighted by Crippen LogP contribution is -2.59. The smallest absolute Gasteiger partial charge is 0.0703 e. The Balaban J connectivity index is 1.23. The number of hydrogen-bond acceptors (Lipinski definition) is 3. The molecule has 2 unspecified atom stereocenters. The molecular weight excluding hydrogens is 380 g/mol. The van der Waals surface area contributed by atoms with Gasteiger partial charge in [-0.2, -0.15) is 0 Å². The predicted molar refractivity (Wildman–Crippen MR) is 128 cm³/mol. The van der Waals surface area contributed by atoms with Crippen LogP contribution in [0.2, 0.25) is 0 Å². The number of aromatic nitrogens is 2. The minimum atomic E-state index is 0.532. The Morgan fingerprint density at radius 3 is 2.52 bits per heavy atom. The average molecular weight is 409 g/mol. The highest BCUT2D eigenvalue weighted by molar-refractivity contribution is 5.86. The second-order valence-electron chi connectivity index (χ2n) is 9.01. The van der Waals surface area contributed by atoms with Gasteiger partial charge in [-0.1, -0.05) is 24.3 Å². The van der Waals surface area contributed by atoms with E-state index in [0.29, 0.717) is 12.1 Å². The molecule has 2 aromatic carbocycles. The van der Waals surface area contributed by atoms with Gasteiger partial charge in [0.1, 0.15) is 0 Å². The molecule has 7 rings (SSSR count). The lowest BCUT2D eigenvalue weighted by Gasteiger charge is -2.50. The van der Waals surface area contributed by atoms with Crippen LogP contribution in [0.1, 0.15) is 19.8 Å². The number of nitrogens with zero attached hydrogens (tertiary/aromatic N) is 3. The lowest BCUT2D eigenvalue weighted by atomic mass is 9.79. The number of hydrogen-bond donors (Lipinski definition) is 1. The van der Waals surface area contributed by atoms with E-state index in [1.54, 1.807) is 0 Å². The normalized spacial score (nSPS) is 25.1. The second kappa shape index (κ2) is 7.54. The molecule has 4 aromatic rings. The van der Waals surface area contributed by atoms with Gasteiger partial charge in [-0.15, -0.1) is 0 Å². The number of nitrogens with one attached hydrogen (secondary N) is 1. The molecule has 1 N–H and O–H groups in total. The van der Waals surface area contributed by atoms with Crippen molar-refractivity contribution in [3.8, 4) is 16.9 Å². The standard InChI is InChI=1S/C27H28N4/c1-19-27(20-11-14-30(19)15-12-20)29-23-8-9-25(28-18-23)21-7-10-26-22(17-21)13-16-31(26)24-5-3-2-4-6-24/h2-10,13,16-20,27,29H,11-12,14-15H2,1H3. The Bertz CT molecular complexity index is 1190. The highest BCUT2D eigenvalue weighted by atomic mass is 15.2. The molecule has 0 saturated carbocycles. The fourth-order valence-corrected chi connectivity index (χ4v) is 5.50. The third-order valence-electron chi connectivity index (χ3n) is 7.29. The van der Waals surface area contributed by atoms with Gasteiger partial charge in [0.2, 0.25) is 0 Å². The number of fused-ring (bicyclic) bond motifs is 4. The summed E-state index contributed by atoms with van der Waals surface area (Å²) in [6.45, 7) is 4.88. The fourth-order valence-electron chi connectivity index (χ4n) is 5.50. The maximum absolute atomic E-state index is 4.79. The first-order valence-electron chi connectivity index (χ1n) is 11.4. The van der Waals surface area contributed by atoms with E-state index >= 15 is 0 Å². The molecule has 0 radical (unpaired) electrons. The van der Waals surface area contributed by atoms with Gasteiger partial charge in [0.15, 0.2) is 0 Å². The van der Waals surface area contributed by atoms with Crippen LogP contribution in [-0.4, -0.2) is 39.6 Å². The van der Waals surface area contributed by atoms with Crippen molar-refractivity contribution in [2.75, 3.05) is 18.4 Å². The van der Waals surface area contributed by atoms with E-state index in [1.165, 1.54) is 42.5 Å². The van der Waals surface area contributed by atoms with Crippen LogP contribution in [0.3, 0.4) is 0 Å². The monoisotopic (exact) mass is 408 g/mol. The Morgan fingerprint density at radius 2 is 1.77 bits per heavy atom. The number of anilines is 1. The molecule has 0 amide bonds. The van der Waals surface area contributed by atoms with Gasteiger partial charge in [0.05, 0.1) is 23.1 Å². The minimum Gasteiger partial charge on any atom is -0.379 e. The van der Waals surface area contributed by atoms with Gasteiger partial charge in [-0.05, 0) is 81.2 Å². The van der Waals surface area contributed by atoms with Crippen LogP contribution in [0.25, 0.3) is 27.8 Å². The SMILES string of the molecule is CC1C(Nc2ccc(-c3ccc4c(ccn4-c4ccccc4)c3)nc2)C2CCN1CC2. The largest absolute Gasteiger partial charge is 0.379 e. The molecule has 3 aliphatic rings. The number of piperidine rings is 3. The highest BCUT2D eigenvalue weighted by Gasteiger charge is 2.39. The summed E-state index contributed by atoms with van der Waals surface area (Å²) >= 11 is 0. The van der Waals surface area contributed by atoms with E-state index < -0.39 is 0 Å². The minimum absolute atomic E-state index is 0.532. The quantitative estimate of drug-likeness (QED) is 0.478. The molecule has 3 aliphatic heterocycles. The summed E-state index contributed by atoms with van der Waals surface area (Å²) in [6, 6.07) is 24.7. The first-order chi connectivity index (χ1) is 15.3. The van der Waals surface area contributed by atoms with Crippen molar-refractivity contribution >= 4 is 16.6 Å². The van der Waals surface area contributed by atoms with E-state index in [-0.39, 0.29) is 0 Å². The van der Waals surface area contributed by atoms with E-state index in [2.05, 4.69) is 94.6 Å². The summed E-state index contributed by atoms with van der Waals surface area (Å²) in [5.74, 6) is 0.788. The van der Waals surface area contributed by atoms with Crippen molar-refractivity contribution in [2.24, 2.45) is 5.92 Å². The third kappa shape index (κ3) is 3.31. The molecule has 3 saturated heterocycles. The molecule has 5 heterocycles. The van der Waals surface area contributed by atoms with Crippen LogP contribution in [-0.2, 0) is 0 Å². The predicted octanol–water partition coefficient (Wildman–Crippen LogP) is 5.59. The third-order valence-corrected chi connectivity index (χ3v) is 7.29. The Hall–Kier alpha value is -3.11. The molecule has 4 heteroatoms. The van der Waals surface area contributed by atoms with Crippen LogP contribution in [0.4, 0.5) is 5.69 Å². The fraction of sp³-hybridized carbons (Fsp3) is 0.296. The molecule has 2 aromatic heterocycles. The zero-order chi connectivity index (χ0) is 20.8. The Morgan fingerprint density at radius 1 is 0.935 bits per heavy atom. The average Bonchev–Trinajstić information content (AvgIpc) is 3.26.